The first-order valence-electron chi connectivity index (χ1n) is 8.69. The van der Waals surface area contributed by atoms with Crippen LogP contribution in [0.2, 0.25) is 0 Å². The standard InChI is InChI=1S/C21H17N3O3S/c25-18-17(20(26)23-12-14-6-9-22-10-7-14)21(27)24(16-8-11-28-19(16)18)13-15-4-2-1-3-5-15/h1-11,25H,12-13H2,(H,23,26). The Kier molecular flexibility index (Phi) is 4.90. The van der Waals surface area contributed by atoms with Crippen LogP contribution in [-0.2, 0) is 13.1 Å². The number of rotatable bonds is 5. The van der Waals surface area contributed by atoms with Crippen molar-refractivity contribution >= 4 is 27.5 Å². The normalized spacial score (nSPS) is 10.9. The van der Waals surface area contributed by atoms with Crippen molar-refractivity contribution < 1.29 is 9.90 Å². The van der Waals surface area contributed by atoms with Gasteiger partial charge in [-0.25, -0.2) is 0 Å². The Bertz CT molecular complexity index is 1180. The topological polar surface area (TPSA) is 84.2 Å². The van der Waals surface area contributed by atoms with E-state index >= 15 is 0 Å². The molecule has 0 radical (unpaired) electrons. The third kappa shape index (κ3) is 3.39. The zero-order chi connectivity index (χ0) is 19.5. The van der Waals surface area contributed by atoms with Gasteiger partial charge in [-0.2, -0.15) is 0 Å². The van der Waals surface area contributed by atoms with Gasteiger partial charge < -0.3 is 15.0 Å². The quantitative estimate of drug-likeness (QED) is 0.547. The van der Waals surface area contributed by atoms with Crippen molar-refractivity contribution in [3.63, 3.8) is 0 Å². The van der Waals surface area contributed by atoms with E-state index in [2.05, 4.69) is 10.3 Å². The van der Waals surface area contributed by atoms with Gasteiger partial charge in [0.15, 0.2) is 5.75 Å². The van der Waals surface area contributed by atoms with Crippen LogP contribution in [0.5, 0.6) is 5.75 Å². The smallest absolute Gasteiger partial charge is 0.268 e. The Balaban J connectivity index is 1.73. The predicted octanol–water partition coefficient (Wildman–Crippen LogP) is 3.14. The molecule has 0 saturated heterocycles. The maximum Gasteiger partial charge on any atom is 0.268 e. The van der Waals surface area contributed by atoms with E-state index in [-0.39, 0.29) is 17.9 Å². The monoisotopic (exact) mass is 391 g/mol. The van der Waals surface area contributed by atoms with Gasteiger partial charge in [0.25, 0.3) is 11.5 Å². The van der Waals surface area contributed by atoms with Gasteiger partial charge in [0, 0.05) is 18.9 Å². The molecule has 0 atom stereocenters. The summed E-state index contributed by atoms with van der Waals surface area (Å²) in [5, 5.41) is 15.1. The number of nitrogens with zero attached hydrogens (tertiary/aromatic N) is 2. The van der Waals surface area contributed by atoms with Crippen molar-refractivity contribution in [2.75, 3.05) is 0 Å². The second-order valence-electron chi connectivity index (χ2n) is 6.27. The third-order valence-corrected chi connectivity index (χ3v) is 5.37. The van der Waals surface area contributed by atoms with Crippen molar-refractivity contribution in [1.29, 1.82) is 0 Å². The molecule has 0 spiro atoms. The highest BCUT2D eigenvalue weighted by Crippen LogP contribution is 2.31. The van der Waals surface area contributed by atoms with Gasteiger partial charge in [-0.3, -0.25) is 14.6 Å². The molecule has 0 bridgehead atoms. The molecule has 0 fully saturated rings. The maximum absolute atomic E-state index is 13.1. The Morgan fingerprint density at radius 3 is 2.57 bits per heavy atom. The van der Waals surface area contributed by atoms with Crippen molar-refractivity contribution in [3.8, 4) is 5.75 Å². The average Bonchev–Trinajstić information content (AvgIpc) is 3.21. The Morgan fingerprint density at radius 1 is 1.07 bits per heavy atom. The van der Waals surface area contributed by atoms with Crippen LogP contribution < -0.4 is 10.9 Å². The number of hydrogen-bond donors (Lipinski definition) is 2. The molecule has 140 valence electrons. The number of carbonyl (C=O) groups is 1. The highest BCUT2D eigenvalue weighted by atomic mass is 32.1. The van der Waals surface area contributed by atoms with Gasteiger partial charge in [0.05, 0.1) is 16.8 Å². The number of aromatic nitrogens is 2. The number of nitrogens with one attached hydrogen (secondary N) is 1. The molecule has 6 nitrogen and oxygen atoms in total. The minimum absolute atomic E-state index is 0.236. The summed E-state index contributed by atoms with van der Waals surface area (Å²) in [6.45, 7) is 0.555. The Morgan fingerprint density at radius 2 is 1.82 bits per heavy atom. The Hall–Kier alpha value is -3.45. The Labute approximate surface area is 164 Å². The number of thiophene rings is 1. The zero-order valence-corrected chi connectivity index (χ0v) is 15.6. The molecule has 4 rings (SSSR count). The lowest BCUT2D eigenvalue weighted by Gasteiger charge is -2.13. The molecule has 0 saturated carbocycles. The van der Waals surface area contributed by atoms with Crippen molar-refractivity contribution in [2.45, 2.75) is 13.1 Å². The first kappa shape index (κ1) is 17.9. The summed E-state index contributed by atoms with van der Waals surface area (Å²) < 4.78 is 2.05. The minimum Gasteiger partial charge on any atom is -0.505 e. The van der Waals surface area contributed by atoms with E-state index in [0.717, 1.165) is 11.1 Å². The highest BCUT2D eigenvalue weighted by molar-refractivity contribution is 7.17. The fourth-order valence-electron chi connectivity index (χ4n) is 3.05. The van der Waals surface area contributed by atoms with E-state index in [1.54, 1.807) is 36.0 Å². The molecule has 1 aromatic carbocycles. The van der Waals surface area contributed by atoms with Crippen molar-refractivity contribution in [3.05, 3.63) is 93.3 Å². The summed E-state index contributed by atoms with van der Waals surface area (Å²) in [5.74, 6) is -0.872. The lowest BCUT2D eigenvalue weighted by atomic mass is 10.1. The van der Waals surface area contributed by atoms with E-state index in [0.29, 0.717) is 16.8 Å². The van der Waals surface area contributed by atoms with Gasteiger partial charge in [0.1, 0.15) is 5.56 Å². The van der Waals surface area contributed by atoms with Gasteiger partial charge in [-0.05, 0) is 34.7 Å². The van der Waals surface area contributed by atoms with Crippen LogP contribution in [0.1, 0.15) is 21.5 Å². The van der Waals surface area contributed by atoms with Crippen LogP contribution >= 0.6 is 11.3 Å². The molecule has 0 aliphatic carbocycles. The second-order valence-corrected chi connectivity index (χ2v) is 7.19. The molecule has 1 amide bonds. The van der Waals surface area contributed by atoms with Crippen molar-refractivity contribution in [2.24, 2.45) is 0 Å². The number of fused-ring (bicyclic) bond motifs is 1. The lowest BCUT2D eigenvalue weighted by Crippen LogP contribution is -2.33. The van der Waals surface area contributed by atoms with E-state index in [1.807, 2.05) is 30.3 Å². The molecular weight excluding hydrogens is 374 g/mol. The molecule has 3 aromatic heterocycles. The molecule has 28 heavy (non-hydrogen) atoms. The van der Waals surface area contributed by atoms with Crippen molar-refractivity contribution in [1.82, 2.24) is 14.9 Å². The van der Waals surface area contributed by atoms with E-state index in [9.17, 15) is 14.7 Å². The van der Waals surface area contributed by atoms with Crippen LogP contribution in [-0.4, -0.2) is 20.6 Å². The highest BCUT2D eigenvalue weighted by Gasteiger charge is 2.23. The lowest BCUT2D eigenvalue weighted by molar-refractivity contribution is 0.0946. The predicted molar refractivity (Wildman–Crippen MR) is 109 cm³/mol. The zero-order valence-electron chi connectivity index (χ0n) is 14.8. The maximum atomic E-state index is 13.1. The number of carbonyl (C=O) groups excluding carboxylic acids is 1. The van der Waals surface area contributed by atoms with E-state index < -0.39 is 11.5 Å². The third-order valence-electron chi connectivity index (χ3n) is 4.46. The number of pyridine rings is 2. The summed E-state index contributed by atoms with van der Waals surface area (Å²) in [7, 11) is 0. The summed E-state index contributed by atoms with van der Waals surface area (Å²) in [4.78, 5) is 29.8. The summed E-state index contributed by atoms with van der Waals surface area (Å²) >= 11 is 1.30. The number of amides is 1. The largest absolute Gasteiger partial charge is 0.505 e. The van der Waals surface area contributed by atoms with Crippen LogP contribution in [0, 0.1) is 0 Å². The molecule has 7 heteroatoms. The first-order chi connectivity index (χ1) is 13.6. The molecule has 0 aliphatic rings. The van der Waals surface area contributed by atoms with Crippen LogP contribution in [0.4, 0.5) is 0 Å². The molecule has 0 aliphatic heterocycles. The average molecular weight is 391 g/mol. The second kappa shape index (κ2) is 7.66. The van der Waals surface area contributed by atoms with Crippen LogP contribution in [0.25, 0.3) is 10.2 Å². The first-order valence-corrected chi connectivity index (χ1v) is 9.57. The van der Waals surface area contributed by atoms with Gasteiger partial charge in [0.2, 0.25) is 0 Å². The fourth-order valence-corrected chi connectivity index (χ4v) is 3.90. The van der Waals surface area contributed by atoms with E-state index in [4.69, 9.17) is 0 Å². The molecule has 2 N–H and O–H groups in total. The summed E-state index contributed by atoms with van der Waals surface area (Å²) in [6, 6.07) is 14.9. The molecule has 3 heterocycles. The van der Waals surface area contributed by atoms with Gasteiger partial charge in [-0.1, -0.05) is 30.3 Å². The number of aromatic hydroxyl groups is 1. The van der Waals surface area contributed by atoms with Crippen LogP contribution in [0.3, 0.4) is 0 Å². The molecule has 4 aromatic rings. The summed E-state index contributed by atoms with van der Waals surface area (Å²) in [5.41, 5.74) is 1.65. The fraction of sp³-hybridized carbons (Fsp3) is 0.0952. The van der Waals surface area contributed by atoms with E-state index in [1.165, 1.54) is 15.9 Å². The minimum atomic E-state index is -0.601. The summed E-state index contributed by atoms with van der Waals surface area (Å²) in [6.07, 6.45) is 3.26. The SMILES string of the molecule is O=C(NCc1ccncc1)c1c(O)c2sccc2n(Cc2ccccc2)c1=O. The number of hydrogen-bond acceptors (Lipinski definition) is 5. The molecule has 0 unspecified atom stereocenters. The molecular formula is C21H17N3O3S. The number of benzene rings is 1. The van der Waals surface area contributed by atoms with Gasteiger partial charge >= 0.3 is 0 Å². The van der Waals surface area contributed by atoms with Crippen LogP contribution in [0.15, 0.2) is 71.1 Å². The van der Waals surface area contributed by atoms with Gasteiger partial charge in [-0.15, -0.1) is 11.3 Å².